The van der Waals surface area contributed by atoms with E-state index in [-0.39, 0.29) is 5.41 Å². The number of halogens is 1. The summed E-state index contributed by atoms with van der Waals surface area (Å²) in [5, 5.41) is 0.940. The van der Waals surface area contributed by atoms with Gasteiger partial charge in [-0.25, -0.2) is 14.8 Å². The third kappa shape index (κ3) is 2.17. The van der Waals surface area contributed by atoms with Crippen LogP contribution in [0.5, 0.6) is 0 Å². The molecule has 3 aromatic rings. The van der Waals surface area contributed by atoms with Crippen LogP contribution >= 0.6 is 11.6 Å². The monoisotopic (exact) mass is 354 g/mol. The number of aryl methyl sites for hydroxylation is 1. The first-order valence-corrected chi connectivity index (χ1v) is 8.16. The van der Waals surface area contributed by atoms with Crippen molar-refractivity contribution in [2.24, 2.45) is 12.0 Å². The molecule has 6 nitrogen and oxygen atoms in total. The Morgan fingerprint density at radius 2 is 2.00 bits per heavy atom. The normalized spacial score (nSPS) is 15.3. The molecular weight excluding hydrogens is 340 g/mol. The molecule has 2 aromatic heterocycles. The zero-order chi connectivity index (χ0) is 17.9. The highest BCUT2D eigenvalue weighted by Crippen LogP contribution is 2.45. The Labute approximate surface area is 147 Å². The molecule has 126 valence electrons. The summed E-state index contributed by atoms with van der Waals surface area (Å²) in [6.07, 6.45) is 1.64. The summed E-state index contributed by atoms with van der Waals surface area (Å²) in [6, 6.07) is 7.44. The van der Waals surface area contributed by atoms with E-state index in [2.05, 4.69) is 23.8 Å². The molecule has 1 aliphatic heterocycles. The number of nitrogens with zero attached hydrogens (tertiary/aromatic N) is 3. The van der Waals surface area contributed by atoms with Crippen molar-refractivity contribution in [2.75, 3.05) is 0 Å². The van der Waals surface area contributed by atoms with E-state index >= 15 is 0 Å². The third-order valence-corrected chi connectivity index (χ3v) is 5.01. The molecule has 0 saturated heterocycles. The lowest BCUT2D eigenvalue weighted by molar-refractivity contribution is 0.737. The molecular formula is C18H15ClN4O2. The second kappa shape index (κ2) is 5.13. The fourth-order valence-corrected chi connectivity index (χ4v) is 3.52. The fourth-order valence-electron chi connectivity index (χ4n) is 3.30. The second-order valence-corrected chi connectivity index (χ2v) is 7.04. The van der Waals surface area contributed by atoms with E-state index in [1.54, 1.807) is 19.3 Å². The van der Waals surface area contributed by atoms with E-state index in [9.17, 15) is 9.59 Å². The van der Waals surface area contributed by atoms with E-state index in [0.717, 1.165) is 22.5 Å². The summed E-state index contributed by atoms with van der Waals surface area (Å²) in [5.74, 6) is 0. The molecule has 7 heteroatoms. The number of aromatic amines is 1. The van der Waals surface area contributed by atoms with Crippen LogP contribution in [0.1, 0.15) is 25.0 Å². The van der Waals surface area contributed by atoms with Gasteiger partial charge < -0.3 is 0 Å². The van der Waals surface area contributed by atoms with Gasteiger partial charge in [-0.3, -0.25) is 14.3 Å². The van der Waals surface area contributed by atoms with Gasteiger partial charge in [0.1, 0.15) is 5.65 Å². The van der Waals surface area contributed by atoms with Crippen LogP contribution in [0, 0.1) is 0 Å². The minimum absolute atomic E-state index is 0.337. The molecule has 25 heavy (non-hydrogen) atoms. The maximum atomic E-state index is 12.2. The Morgan fingerprint density at radius 3 is 2.72 bits per heavy atom. The molecule has 0 amide bonds. The predicted octanol–water partition coefficient (Wildman–Crippen LogP) is 2.69. The number of aromatic nitrogens is 3. The second-order valence-electron chi connectivity index (χ2n) is 6.63. The zero-order valence-electron chi connectivity index (χ0n) is 13.9. The van der Waals surface area contributed by atoms with Crippen molar-refractivity contribution in [3.63, 3.8) is 0 Å². The number of nitrogens with one attached hydrogen (secondary N) is 1. The van der Waals surface area contributed by atoms with Gasteiger partial charge in [0.15, 0.2) is 0 Å². The Kier molecular flexibility index (Phi) is 3.24. The number of para-hydroxylation sites is 1. The van der Waals surface area contributed by atoms with Crippen LogP contribution in [0.15, 0.2) is 45.0 Å². The van der Waals surface area contributed by atoms with E-state index in [1.165, 1.54) is 4.57 Å². The molecule has 0 saturated carbocycles. The van der Waals surface area contributed by atoms with Gasteiger partial charge in [-0.2, -0.15) is 0 Å². The predicted molar refractivity (Wildman–Crippen MR) is 98.3 cm³/mol. The lowest BCUT2D eigenvalue weighted by Gasteiger charge is -2.22. The summed E-state index contributed by atoms with van der Waals surface area (Å²) in [6.45, 7) is 4.12. The van der Waals surface area contributed by atoms with Crippen LogP contribution in [0.4, 0.5) is 5.69 Å². The molecule has 4 rings (SSSR count). The zero-order valence-corrected chi connectivity index (χ0v) is 14.7. The first-order chi connectivity index (χ1) is 11.8. The number of pyridine rings is 1. The van der Waals surface area contributed by atoms with Gasteiger partial charge in [0.2, 0.25) is 0 Å². The highest BCUT2D eigenvalue weighted by molar-refractivity contribution is 6.34. The van der Waals surface area contributed by atoms with Gasteiger partial charge in [-0.05, 0) is 17.7 Å². The minimum atomic E-state index is -0.490. The average Bonchev–Trinajstić information content (AvgIpc) is 2.85. The maximum absolute atomic E-state index is 12.2. The van der Waals surface area contributed by atoms with Crippen molar-refractivity contribution in [1.29, 1.82) is 0 Å². The lowest BCUT2D eigenvalue weighted by atomic mass is 9.79. The molecule has 0 spiro atoms. The molecule has 1 aromatic carbocycles. The standard InChI is InChI=1S/C18H15ClN4O2/c1-18(2)11-5-4-6-12(19)13(11)21-14(18)9-7-10-15(20-8-9)23(3)17(25)22-16(10)24/h4-8H,1-3H3,(H,22,24,25). The third-order valence-electron chi connectivity index (χ3n) is 4.70. The first-order valence-electron chi connectivity index (χ1n) is 7.78. The van der Waals surface area contributed by atoms with Crippen LogP contribution < -0.4 is 11.2 Å². The Balaban J connectivity index is 1.98. The number of benzene rings is 1. The minimum Gasteiger partial charge on any atom is -0.281 e. The van der Waals surface area contributed by atoms with Crippen molar-refractivity contribution in [3.05, 3.63) is 67.4 Å². The van der Waals surface area contributed by atoms with Crippen molar-refractivity contribution in [2.45, 2.75) is 19.3 Å². The molecule has 1 N–H and O–H groups in total. The van der Waals surface area contributed by atoms with Crippen LogP contribution in [-0.4, -0.2) is 20.2 Å². The van der Waals surface area contributed by atoms with Crippen LogP contribution in [0.2, 0.25) is 5.02 Å². The Bertz CT molecular complexity index is 1190. The van der Waals surface area contributed by atoms with E-state index < -0.39 is 11.2 Å². The maximum Gasteiger partial charge on any atom is 0.329 e. The van der Waals surface area contributed by atoms with Crippen LogP contribution in [0.3, 0.4) is 0 Å². The molecule has 0 fully saturated rings. The lowest BCUT2D eigenvalue weighted by Crippen LogP contribution is -2.30. The van der Waals surface area contributed by atoms with Crippen molar-refractivity contribution >= 4 is 34.0 Å². The van der Waals surface area contributed by atoms with Gasteiger partial charge in [-0.1, -0.05) is 37.6 Å². The molecule has 0 radical (unpaired) electrons. The topological polar surface area (TPSA) is 80.1 Å². The smallest absolute Gasteiger partial charge is 0.281 e. The number of H-pyrrole nitrogens is 1. The van der Waals surface area contributed by atoms with Crippen molar-refractivity contribution in [1.82, 2.24) is 14.5 Å². The van der Waals surface area contributed by atoms with E-state index in [4.69, 9.17) is 16.6 Å². The van der Waals surface area contributed by atoms with Crippen molar-refractivity contribution in [3.8, 4) is 0 Å². The highest BCUT2D eigenvalue weighted by atomic mass is 35.5. The number of fused-ring (bicyclic) bond motifs is 2. The molecule has 3 heterocycles. The summed E-state index contributed by atoms with van der Waals surface area (Å²) >= 11 is 6.29. The summed E-state index contributed by atoms with van der Waals surface area (Å²) in [7, 11) is 1.57. The van der Waals surface area contributed by atoms with E-state index in [1.807, 2.05) is 18.2 Å². The van der Waals surface area contributed by atoms with Crippen molar-refractivity contribution < 1.29 is 0 Å². The molecule has 0 atom stereocenters. The van der Waals surface area contributed by atoms with Gasteiger partial charge in [-0.15, -0.1) is 0 Å². The van der Waals surface area contributed by atoms with Crippen LogP contribution in [0.25, 0.3) is 11.0 Å². The average molecular weight is 355 g/mol. The fraction of sp³-hybridized carbons (Fsp3) is 0.222. The first kappa shape index (κ1) is 15.8. The summed E-state index contributed by atoms with van der Waals surface area (Å²) < 4.78 is 1.31. The quantitative estimate of drug-likeness (QED) is 0.729. The Hall–Kier alpha value is -2.73. The molecule has 0 unspecified atom stereocenters. The van der Waals surface area contributed by atoms with E-state index in [0.29, 0.717) is 16.1 Å². The molecule has 1 aliphatic rings. The van der Waals surface area contributed by atoms with Crippen LogP contribution in [-0.2, 0) is 12.5 Å². The van der Waals surface area contributed by atoms with Gasteiger partial charge >= 0.3 is 5.69 Å². The molecule has 0 bridgehead atoms. The SMILES string of the molecule is Cn1c(=O)[nH]c(=O)c2cc(C3=Nc4c(Cl)cccc4C3(C)C)cnc21. The summed E-state index contributed by atoms with van der Waals surface area (Å²) in [4.78, 5) is 35.2. The Morgan fingerprint density at radius 1 is 1.24 bits per heavy atom. The van der Waals surface area contributed by atoms with Gasteiger partial charge in [0, 0.05) is 24.2 Å². The number of hydrogen-bond donors (Lipinski definition) is 1. The highest BCUT2D eigenvalue weighted by Gasteiger charge is 2.37. The molecule has 0 aliphatic carbocycles. The summed E-state index contributed by atoms with van der Waals surface area (Å²) in [5.41, 5.74) is 2.32. The van der Waals surface area contributed by atoms with Gasteiger partial charge in [0.05, 0.1) is 21.8 Å². The number of hydrogen-bond acceptors (Lipinski definition) is 4. The largest absolute Gasteiger partial charge is 0.329 e. The number of rotatable bonds is 1. The number of aliphatic imine (C=N–C) groups is 1. The van der Waals surface area contributed by atoms with Gasteiger partial charge in [0.25, 0.3) is 5.56 Å².